The molecule has 0 saturated heterocycles. The Morgan fingerprint density at radius 2 is 1.25 bits per heavy atom. The van der Waals surface area contributed by atoms with Crippen molar-refractivity contribution in [1.29, 1.82) is 0 Å². The zero-order chi connectivity index (χ0) is 25.9. The van der Waals surface area contributed by atoms with Crippen molar-refractivity contribution in [3.63, 3.8) is 0 Å². The van der Waals surface area contributed by atoms with Crippen LogP contribution in [0.2, 0.25) is 0 Å². The standard InChI is InChI=1S/C27H26N2O7/c1-3-34-25(31)18-14-19(26(32)35-4-2)16-21(15-18)29-24(30)17-36-27(33)22-12-8-9-13-23(22)28-20-10-6-5-7-11-20/h5-16,28H,3-4,17H2,1-2H3,(H,29,30). The third-order valence-electron chi connectivity index (χ3n) is 4.77. The molecule has 0 aliphatic heterocycles. The van der Waals surface area contributed by atoms with Crippen molar-refractivity contribution in [3.05, 3.63) is 89.5 Å². The predicted octanol–water partition coefficient (Wildman–Crippen LogP) is 4.58. The van der Waals surface area contributed by atoms with E-state index in [1.54, 1.807) is 38.1 Å². The van der Waals surface area contributed by atoms with E-state index in [-0.39, 0.29) is 35.6 Å². The van der Waals surface area contributed by atoms with E-state index in [1.165, 1.54) is 18.2 Å². The molecule has 3 aromatic rings. The number of amides is 1. The van der Waals surface area contributed by atoms with Crippen LogP contribution < -0.4 is 10.6 Å². The van der Waals surface area contributed by atoms with Crippen molar-refractivity contribution >= 4 is 40.9 Å². The molecule has 36 heavy (non-hydrogen) atoms. The van der Waals surface area contributed by atoms with E-state index in [0.29, 0.717) is 5.69 Å². The van der Waals surface area contributed by atoms with Gasteiger partial charge in [-0.15, -0.1) is 0 Å². The number of rotatable bonds is 10. The summed E-state index contributed by atoms with van der Waals surface area (Å²) in [7, 11) is 0. The maximum Gasteiger partial charge on any atom is 0.340 e. The SMILES string of the molecule is CCOC(=O)c1cc(NC(=O)COC(=O)c2ccccc2Nc2ccccc2)cc(C(=O)OCC)c1. The minimum absolute atomic E-state index is 0.0654. The van der Waals surface area contributed by atoms with E-state index in [4.69, 9.17) is 14.2 Å². The van der Waals surface area contributed by atoms with Crippen molar-refractivity contribution < 1.29 is 33.4 Å². The molecule has 0 atom stereocenters. The molecule has 0 saturated carbocycles. The molecule has 3 aromatic carbocycles. The molecule has 2 N–H and O–H groups in total. The van der Waals surface area contributed by atoms with Crippen LogP contribution in [0.15, 0.2) is 72.8 Å². The molecule has 1 amide bonds. The van der Waals surface area contributed by atoms with E-state index in [1.807, 2.05) is 30.3 Å². The Bertz CT molecular complexity index is 1210. The summed E-state index contributed by atoms with van der Waals surface area (Å²) >= 11 is 0. The molecular weight excluding hydrogens is 464 g/mol. The Morgan fingerprint density at radius 1 is 0.667 bits per heavy atom. The molecule has 0 fully saturated rings. The molecule has 0 spiro atoms. The van der Waals surface area contributed by atoms with Crippen LogP contribution in [0.5, 0.6) is 0 Å². The maximum atomic E-state index is 12.7. The van der Waals surface area contributed by atoms with E-state index < -0.39 is 30.4 Å². The van der Waals surface area contributed by atoms with Crippen molar-refractivity contribution in [2.24, 2.45) is 0 Å². The lowest BCUT2D eigenvalue weighted by Gasteiger charge is -2.13. The minimum Gasteiger partial charge on any atom is -0.462 e. The highest BCUT2D eigenvalue weighted by Gasteiger charge is 2.18. The average molecular weight is 491 g/mol. The van der Waals surface area contributed by atoms with Gasteiger partial charge in [0.15, 0.2) is 6.61 Å². The van der Waals surface area contributed by atoms with Crippen LogP contribution in [0.1, 0.15) is 44.9 Å². The van der Waals surface area contributed by atoms with Gasteiger partial charge in [0.2, 0.25) is 0 Å². The van der Waals surface area contributed by atoms with E-state index >= 15 is 0 Å². The fraction of sp³-hybridized carbons (Fsp3) is 0.185. The van der Waals surface area contributed by atoms with Crippen LogP contribution in [-0.4, -0.2) is 43.6 Å². The number of para-hydroxylation sites is 2. The zero-order valence-electron chi connectivity index (χ0n) is 19.9. The first-order chi connectivity index (χ1) is 17.4. The van der Waals surface area contributed by atoms with Crippen LogP contribution in [0, 0.1) is 0 Å². The van der Waals surface area contributed by atoms with Gasteiger partial charge in [0.25, 0.3) is 5.91 Å². The highest BCUT2D eigenvalue weighted by molar-refractivity contribution is 6.01. The lowest BCUT2D eigenvalue weighted by Crippen LogP contribution is -2.22. The summed E-state index contributed by atoms with van der Waals surface area (Å²) in [5, 5.41) is 5.68. The molecular formula is C27H26N2O7. The average Bonchev–Trinajstić information content (AvgIpc) is 2.88. The summed E-state index contributed by atoms with van der Waals surface area (Å²) < 4.78 is 15.2. The monoisotopic (exact) mass is 490 g/mol. The zero-order valence-corrected chi connectivity index (χ0v) is 19.9. The van der Waals surface area contributed by atoms with Gasteiger partial charge in [-0.2, -0.15) is 0 Å². The molecule has 3 rings (SSSR count). The number of hydrogen-bond donors (Lipinski definition) is 2. The normalized spacial score (nSPS) is 10.2. The predicted molar refractivity (Wildman–Crippen MR) is 133 cm³/mol. The number of carbonyl (C=O) groups excluding carboxylic acids is 4. The summed E-state index contributed by atoms with van der Waals surface area (Å²) in [6.45, 7) is 2.99. The highest BCUT2D eigenvalue weighted by atomic mass is 16.5. The quantitative estimate of drug-likeness (QED) is 0.313. The van der Waals surface area contributed by atoms with Crippen LogP contribution >= 0.6 is 0 Å². The van der Waals surface area contributed by atoms with Gasteiger partial charge in [0, 0.05) is 11.4 Å². The summed E-state index contributed by atoms with van der Waals surface area (Å²) in [4.78, 5) is 49.6. The van der Waals surface area contributed by atoms with E-state index in [9.17, 15) is 19.2 Å². The van der Waals surface area contributed by atoms with Gasteiger partial charge in [-0.05, 0) is 56.3 Å². The van der Waals surface area contributed by atoms with Crippen molar-refractivity contribution in [2.75, 3.05) is 30.5 Å². The Morgan fingerprint density at radius 3 is 1.86 bits per heavy atom. The third-order valence-corrected chi connectivity index (χ3v) is 4.77. The first kappa shape index (κ1) is 26.0. The largest absolute Gasteiger partial charge is 0.462 e. The molecule has 0 aliphatic carbocycles. The molecule has 186 valence electrons. The summed E-state index contributed by atoms with van der Waals surface area (Å²) in [5.74, 6) is -2.68. The number of benzene rings is 3. The molecule has 0 unspecified atom stereocenters. The Hall–Kier alpha value is -4.66. The highest BCUT2D eigenvalue weighted by Crippen LogP contribution is 2.22. The van der Waals surface area contributed by atoms with E-state index in [2.05, 4.69) is 10.6 Å². The fourth-order valence-electron chi connectivity index (χ4n) is 3.22. The van der Waals surface area contributed by atoms with Gasteiger partial charge in [-0.1, -0.05) is 30.3 Å². The first-order valence-corrected chi connectivity index (χ1v) is 11.3. The Labute approximate surface area is 208 Å². The number of anilines is 3. The van der Waals surface area contributed by atoms with Gasteiger partial charge >= 0.3 is 17.9 Å². The van der Waals surface area contributed by atoms with Crippen molar-refractivity contribution in [2.45, 2.75) is 13.8 Å². The number of esters is 3. The second-order valence-electron chi connectivity index (χ2n) is 7.40. The molecule has 0 aromatic heterocycles. The molecule has 0 bridgehead atoms. The van der Waals surface area contributed by atoms with Crippen LogP contribution in [0.25, 0.3) is 0 Å². The van der Waals surface area contributed by atoms with Crippen LogP contribution in [0.3, 0.4) is 0 Å². The lowest BCUT2D eigenvalue weighted by atomic mass is 10.1. The Kier molecular flexibility index (Phi) is 9.16. The van der Waals surface area contributed by atoms with Gasteiger partial charge in [0.05, 0.1) is 35.6 Å². The van der Waals surface area contributed by atoms with Crippen molar-refractivity contribution in [1.82, 2.24) is 0 Å². The smallest absolute Gasteiger partial charge is 0.340 e. The lowest BCUT2D eigenvalue weighted by molar-refractivity contribution is -0.119. The fourth-order valence-corrected chi connectivity index (χ4v) is 3.22. The molecule has 0 radical (unpaired) electrons. The number of nitrogens with one attached hydrogen (secondary N) is 2. The topological polar surface area (TPSA) is 120 Å². The molecule has 9 heteroatoms. The Balaban J connectivity index is 1.69. The molecule has 0 aliphatic rings. The van der Waals surface area contributed by atoms with Gasteiger partial charge in [-0.25, -0.2) is 14.4 Å². The summed E-state index contributed by atoms with van der Waals surface area (Å²) in [5.41, 5.74) is 1.84. The second kappa shape index (κ2) is 12.7. The second-order valence-corrected chi connectivity index (χ2v) is 7.40. The van der Waals surface area contributed by atoms with Crippen LogP contribution in [-0.2, 0) is 19.0 Å². The minimum atomic E-state index is -0.698. The van der Waals surface area contributed by atoms with Gasteiger partial charge in [0.1, 0.15) is 0 Å². The maximum absolute atomic E-state index is 12.7. The van der Waals surface area contributed by atoms with E-state index in [0.717, 1.165) is 5.69 Å². The number of hydrogen-bond acceptors (Lipinski definition) is 8. The summed E-state index contributed by atoms with van der Waals surface area (Å²) in [6, 6.07) is 20.1. The first-order valence-electron chi connectivity index (χ1n) is 11.3. The van der Waals surface area contributed by atoms with Crippen molar-refractivity contribution in [3.8, 4) is 0 Å². The summed E-state index contributed by atoms with van der Waals surface area (Å²) in [6.07, 6.45) is 0. The van der Waals surface area contributed by atoms with Crippen LogP contribution in [0.4, 0.5) is 17.1 Å². The number of carbonyl (C=O) groups is 4. The third kappa shape index (κ3) is 7.17. The van der Waals surface area contributed by atoms with Gasteiger partial charge in [-0.3, -0.25) is 4.79 Å². The number of ether oxygens (including phenoxy) is 3. The molecule has 9 nitrogen and oxygen atoms in total. The van der Waals surface area contributed by atoms with Gasteiger partial charge < -0.3 is 24.8 Å². The molecule has 0 heterocycles.